The Balaban J connectivity index is 1.26. The second-order valence-corrected chi connectivity index (χ2v) is 10.0. The van der Waals surface area contributed by atoms with Crippen LogP contribution in [0.5, 0.6) is 11.5 Å². The third-order valence-corrected chi connectivity index (χ3v) is 7.70. The molecule has 3 aromatic carbocycles. The first-order valence-corrected chi connectivity index (χ1v) is 13.4. The van der Waals surface area contributed by atoms with Crippen molar-refractivity contribution in [3.8, 4) is 23.1 Å². The minimum absolute atomic E-state index is 0.630. The fraction of sp³-hybridized carbons (Fsp3) is 0. The van der Waals surface area contributed by atoms with Gasteiger partial charge in [0.2, 0.25) is 0 Å². The van der Waals surface area contributed by atoms with Gasteiger partial charge in [0.1, 0.15) is 34.2 Å². The predicted molar refractivity (Wildman–Crippen MR) is 162 cm³/mol. The van der Waals surface area contributed by atoms with E-state index in [1.165, 1.54) is 16.2 Å². The highest BCUT2D eigenvalue weighted by molar-refractivity contribution is 6.24. The summed E-state index contributed by atoms with van der Waals surface area (Å²) < 4.78 is 10.8. The Labute approximate surface area is 233 Å². The zero-order valence-electron chi connectivity index (χ0n) is 21.6. The Kier molecular flexibility index (Phi) is 4.48. The molecule has 0 atom stereocenters. The summed E-state index contributed by atoms with van der Waals surface area (Å²) in [5, 5.41) is 4.74. The maximum Gasteiger partial charge on any atom is 0.147 e. The van der Waals surface area contributed by atoms with Crippen LogP contribution in [0.15, 0.2) is 122 Å². The lowest BCUT2D eigenvalue weighted by Crippen LogP contribution is -1.97. The molecule has 192 valence electrons. The van der Waals surface area contributed by atoms with E-state index in [4.69, 9.17) is 9.72 Å². The second-order valence-electron chi connectivity index (χ2n) is 10.0. The molecule has 0 radical (unpaired) electrons. The van der Waals surface area contributed by atoms with Crippen molar-refractivity contribution in [2.24, 2.45) is 0 Å². The smallest absolute Gasteiger partial charge is 0.147 e. The number of benzene rings is 3. The number of fused-ring (bicyclic) bond motifs is 3. The lowest BCUT2D eigenvalue weighted by Gasteiger charge is -2.10. The zero-order valence-corrected chi connectivity index (χ0v) is 21.6. The van der Waals surface area contributed by atoms with Gasteiger partial charge in [-0.1, -0.05) is 36.4 Å². The maximum absolute atomic E-state index is 6.55. The van der Waals surface area contributed by atoms with Crippen LogP contribution >= 0.6 is 0 Å². The van der Waals surface area contributed by atoms with Crippen molar-refractivity contribution in [2.75, 3.05) is 0 Å². The molecule has 0 aliphatic carbocycles. The van der Waals surface area contributed by atoms with E-state index in [-0.39, 0.29) is 0 Å². The molecule has 41 heavy (non-hydrogen) atoms. The summed E-state index contributed by atoms with van der Waals surface area (Å²) in [5.74, 6) is 3.02. The Morgan fingerprint density at radius 1 is 0.463 bits per heavy atom. The number of hydrogen-bond acceptors (Lipinski definition) is 5. The van der Waals surface area contributed by atoms with Gasteiger partial charge in [0.15, 0.2) is 0 Å². The summed E-state index contributed by atoms with van der Waals surface area (Å²) in [5.41, 5.74) is 5.61. The van der Waals surface area contributed by atoms with Gasteiger partial charge in [-0.15, -0.1) is 0 Å². The Hall–Kier alpha value is -5.82. The first-order chi connectivity index (χ1) is 20.3. The molecule has 0 amide bonds. The van der Waals surface area contributed by atoms with Crippen LogP contribution in [0.3, 0.4) is 0 Å². The zero-order chi connectivity index (χ0) is 26.9. The maximum atomic E-state index is 6.55. The molecular weight excluding hydrogens is 508 g/mol. The van der Waals surface area contributed by atoms with Crippen LogP contribution in [0.25, 0.3) is 66.3 Å². The van der Waals surface area contributed by atoms with E-state index in [0.29, 0.717) is 5.75 Å². The molecule has 9 rings (SSSR count). The number of pyridine rings is 4. The molecule has 0 aliphatic heterocycles. The third kappa shape index (κ3) is 3.20. The minimum atomic E-state index is 0.630. The summed E-state index contributed by atoms with van der Waals surface area (Å²) in [6.45, 7) is 0. The average Bonchev–Trinajstić information content (AvgIpc) is 3.54. The van der Waals surface area contributed by atoms with E-state index < -0.39 is 0 Å². The summed E-state index contributed by atoms with van der Waals surface area (Å²) in [6, 6.07) is 32.7. The van der Waals surface area contributed by atoms with E-state index in [1.54, 1.807) is 18.6 Å². The molecule has 7 nitrogen and oxygen atoms in total. The van der Waals surface area contributed by atoms with Crippen LogP contribution in [-0.4, -0.2) is 29.1 Å². The Morgan fingerprint density at radius 3 is 1.95 bits per heavy atom. The van der Waals surface area contributed by atoms with Crippen LogP contribution in [0.4, 0.5) is 0 Å². The SMILES string of the molecule is c1ccc(-n2c3cccnc3c3ncc(Oc4cc5ccc6cccc7c6c5c(c4)n7-c4ccccn4)cc32)nc1. The first kappa shape index (κ1) is 22.0. The number of ether oxygens (including phenoxy) is 1. The number of nitrogens with zero attached hydrogens (tertiary/aromatic N) is 6. The highest BCUT2D eigenvalue weighted by atomic mass is 16.5. The van der Waals surface area contributed by atoms with Gasteiger partial charge in [-0.25, -0.2) is 15.0 Å². The molecule has 0 unspecified atom stereocenters. The van der Waals surface area contributed by atoms with E-state index >= 15 is 0 Å². The van der Waals surface area contributed by atoms with Gasteiger partial charge >= 0.3 is 0 Å². The first-order valence-electron chi connectivity index (χ1n) is 13.4. The molecule has 0 saturated heterocycles. The van der Waals surface area contributed by atoms with Gasteiger partial charge in [-0.3, -0.25) is 14.1 Å². The average molecular weight is 529 g/mol. The van der Waals surface area contributed by atoms with Gasteiger partial charge in [-0.2, -0.15) is 0 Å². The third-order valence-electron chi connectivity index (χ3n) is 7.70. The highest BCUT2D eigenvalue weighted by Gasteiger charge is 2.19. The van der Waals surface area contributed by atoms with Gasteiger partial charge in [-0.05, 0) is 59.3 Å². The molecule has 0 spiro atoms. The van der Waals surface area contributed by atoms with Gasteiger partial charge in [0.25, 0.3) is 0 Å². The summed E-state index contributed by atoms with van der Waals surface area (Å²) in [6.07, 6.45) is 7.16. The van der Waals surface area contributed by atoms with Crippen LogP contribution in [0.1, 0.15) is 0 Å². The molecular formula is C34H20N6O. The molecule has 7 heteroatoms. The lowest BCUT2D eigenvalue weighted by atomic mass is 10.0. The summed E-state index contributed by atoms with van der Waals surface area (Å²) >= 11 is 0. The van der Waals surface area contributed by atoms with E-state index in [1.807, 2.05) is 60.8 Å². The predicted octanol–water partition coefficient (Wildman–Crippen LogP) is 7.84. The molecule has 0 saturated carbocycles. The molecule has 0 fully saturated rings. The highest BCUT2D eigenvalue weighted by Crippen LogP contribution is 2.41. The van der Waals surface area contributed by atoms with Crippen molar-refractivity contribution < 1.29 is 4.74 Å². The van der Waals surface area contributed by atoms with Crippen LogP contribution in [0.2, 0.25) is 0 Å². The minimum Gasteiger partial charge on any atom is -0.456 e. The van der Waals surface area contributed by atoms with Crippen molar-refractivity contribution in [3.63, 3.8) is 0 Å². The summed E-state index contributed by atoms with van der Waals surface area (Å²) in [4.78, 5) is 18.7. The van der Waals surface area contributed by atoms with Crippen molar-refractivity contribution >= 4 is 54.6 Å². The van der Waals surface area contributed by atoms with E-state index in [2.05, 4.69) is 66.6 Å². The van der Waals surface area contributed by atoms with Gasteiger partial charge in [0.05, 0.1) is 28.3 Å². The fourth-order valence-corrected chi connectivity index (χ4v) is 6.06. The topological polar surface area (TPSA) is 70.7 Å². The number of hydrogen-bond donors (Lipinski definition) is 0. The van der Waals surface area contributed by atoms with Crippen molar-refractivity contribution in [1.29, 1.82) is 0 Å². The molecule has 0 aliphatic rings. The quantitative estimate of drug-likeness (QED) is 0.218. The molecule has 9 aromatic rings. The van der Waals surface area contributed by atoms with E-state index in [9.17, 15) is 0 Å². The normalized spacial score (nSPS) is 11.9. The van der Waals surface area contributed by atoms with Crippen molar-refractivity contribution in [1.82, 2.24) is 29.1 Å². The fourth-order valence-electron chi connectivity index (χ4n) is 6.06. The molecule has 6 aromatic heterocycles. The van der Waals surface area contributed by atoms with Crippen LogP contribution in [0, 0.1) is 0 Å². The Morgan fingerprint density at radius 2 is 1.15 bits per heavy atom. The standard InChI is InChI=1S/C34H20N6O/c1-3-14-35-29(10-1)39-25-8-5-7-21-12-13-22-17-23(18-27(39)32(22)31(21)25)41-24-19-28-34(38-20-24)33-26(9-6-16-37-33)40(28)30-11-2-4-15-36-30/h1-20H. The van der Waals surface area contributed by atoms with Crippen LogP contribution in [-0.2, 0) is 0 Å². The van der Waals surface area contributed by atoms with Crippen LogP contribution < -0.4 is 4.74 Å². The molecule has 6 heterocycles. The number of aromatic nitrogens is 6. The van der Waals surface area contributed by atoms with E-state index in [0.717, 1.165) is 55.9 Å². The van der Waals surface area contributed by atoms with Gasteiger partial charge in [0, 0.05) is 41.5 Å². The summed E-state index contributed by atoms with van der Waals surface area (Å²) in [7, 11) is 0. The van der Waals surface area contributed by atoms with Crippen molar-refractivity contribution in [2.45, 2.75) is 0 Å². The number of rotatable bonds is 4. The second kappa shape index (κ2) is 8.34. The largest absolute Gasteiger partial charge is 0.456 e. The van der Waals surface area contributed by atoms with Crippen molar-refractivity contribution in [3.05, 3.63) is 122 Å². The molecule has 0 N–H and O–H groups in total. The Bertz CT molecular complexity index is 2390. The van der Waals surface area contributed by atoms with Gasteiger partial charge < -0.3 is 4.74 Å². The monoisotopic (exact) mass is 528 g/mol. The molecule has 0 bridgehead atoms. The lowest BCUT2D eigenvalue weighted by molar-refractivity contribution is 0.482.